The maximum absolute atomic E-state index is 14.1. The normalized spacial score (nSPS) is 19.0. The number of hydrogen-bond donors (Lipinski definition) is 2. The van der Waals surface area contributed by atoms with E-state index in [1.165, 1.54) is 12.1 Å². The van der Waals surface area contributed by atoms with Gasteiger partial charge in [-0.1, -0.05) is 18.2 Å². The van der Waals surface area contributed by atoms with Crippen molar-refractivity contribution in [1.29, 1.82) is 0 Å². The minimum atomic E-state index is -0.608. The van der Waals surface area contributed by atoms with E-state index in [1.54, 1.807) is 40.1 Å². The number of nitrogens with zero attached hydrogens (tertiary/aromatic N) is 7. The Morgan fingerprint density at radius 1 is 1.16 bits per heavy atom. The molecule has 0 bridgehead atoms. The first-order chi connectivity index (χ1) is 17.8. The third-order valence-electron chi connectivity index (χ3n) is 6.63. The number of aryl methyl sites for hydroxylation is 1. The van der Waals surface area contributed by atoms with Gasteiger partial charge >= 0.3 is 0 Å². The number of rotatable bonds is 4. The summed E-state index contributed by atoms with van der Waals surface area (Å²) >= 11 is 0. The smallest absolute Gasteiger partial charge is 0.259 e. The summed E-state index contributed by atoms with van der Waals surface area (Å²) in [5.74, 6) is -0.527. The lowest BCUT2D eigenvalue weighted by Crippen LogP contribution is -2.56. The van der Waals surface area contributed by atoms with Gasteiger partial charge in [0.15, 0.2) is 11.7 Å². The van der Waals surface area contributed by atoms with Crippen molar-refractivity contribution in [3.05, 3.63) is 66.1 Å². The van der Waals surface area contributed by atoms with Crippen LogP contribution in [-0.2, 0) is 11.3 Å². The minimum Gasteiger partial charge on any atom is -0.508 e. The highest BCUT2D eigenvalue weighted by Gasteiger charge is 2.44. The van der Waals surface area contributed by atoms with Crippen LogP contribution in [0.4, 0.5) is 15.8 Å². The number of pyridine rings is 1. The first-order valence-electron chi connectivity index (χ1n) is 11.7. The Balaban J connectivity index is 1.51. The van der Waals surface area contributed by atoms with Gasteiger partial charge in [0.05, 0.1) is 17.3 Å². The SMILES string of the molecule is Cc1ccccc1N1C(=O)C2C(C=NN2C)N=C1Cn1nc(-c2cc(O)cc(F)c2)c2c(N)ccnc21. The van der Waals surface area contributed by atoms with Gasteiger partial charge in [-0.25, -0.2) is 14.1 Å². The summed E-state index contributed by atoms with van der Waals surface area (Å²) in [4.78, 5) is 24.8. The second-order valence-electron chi connectivity index (χ2n) is 9.08. The van der Waals surface area contributed by atoms with E-state index in [1.807, 2.05) is 31.2 Å². The molecular weight excluding hydrogens is 475 g/mol. The lowest BCUT2D eigenvalue weighted by molar-refractivity contribution is -0.122. The largest absolute Gasteiger partial charge is 0.508 e. The zero-order chi connectivity index (χ0) is 25.8. The molecule has 2 aliphatic rings. The van der Waals surface area contributed by atoms with Gasteiger partial charge in [-0.15, -0.1) is 0 Å². The quantitative estimate of drug-likeness (QED) is 0.446. The summed E-state index contributed by atoms with van der Waals surface area (Å²) in [7, 11) is 1.75. The number of nitrogen functional groups attached to an aromatic ring is 1. The number of carbonyl (C=O) groups is 1. The molecule has 0 aliphatic carbocycles. The molecule has 10 nitrogen and oxygen atoms in total. The number of fused-ring (bicyclic) bond motifs is 2. The van der Waals surface area contributed by atoms with Crippen LogP contribution >= 0.6 is 0 Å². The Kier molecular flexibility index (Phi) is 5.14. The predicted octanol–water partition coefficient (Wildman–Crippen LogP) is 2.95. The number of aromatic hydroxyl groups is 1. The number of amidine groups is 1. The molecule has 37 heavy (non-hydrogen) atoms. The second-order valence-corrected chi connectivity index (χ2v) is 9.08. The Labute approximate surface area is 211 Å². The van der Waals surface area contributed by atoms with Crippen molar-refractivity contribution in [3.63, 3.8) is 0 Å². The van der Waals surface area contributed by atoms with E-state index in [-0.39, 0.29) is 18.2 Å². The summed E-state index contributed by atoms with van der Waals surface area (Å²) in [5.41, 5.74) is 9.47. The number of nitrogens with two attached hydrogens (primary N) is 1. The monoisotopic (exact) mass is 498 g/mol. The van der Waals surface area contributed by atoms with Gasteiger partial charge in [0.2, 0.25) is 0 Å². The lowest BCUT2D eigenvalue weighted by atomic mass is 10.0. The van der Waals surface area contributed by atoms with Crippen LogP contribution in [0, 0.1) is 12.7 Å². The molecule has 2 aromatic heterocycles. The number of para-hydroxylation sites is 1. The highest BCUT2D eigenvalue weighted by Crippen LogP contribution is 2.34. The summed E-state index contributed by atoms with van der Waals surface area (Å²) in [6.45, 7) is 2.02. The molecule has 4 heterocycles. The van der Waals surface area contributed by atoms with Crippen molar-refractivity contribution in [2.24, 2.45) is 10.1 Å². The van der Waals surface area contributed by atoms with E-state index in [4.69, 9.17) is 15.8 Å². The number of hydrazone groups is 1. The maximum atomic E-state index is 14.1. The average Bonchev–Trinajstić information content (AvgIpc) is 3.41. The van der Waals surface area contributed by atoms with E-state index in [0.717, 1.165) is 11.6 Å². The molecule has 0 saturated carbocycles. The van der Waals surface area contributed by atoms with Crippen LogP contribution < -0.4 is 10.6 Å². The van der Waals surface area contributed by atoms with E-state index < -0.39 is 17.9 Å². The van der Waals surface area contributed by atoms with Crippen LogP contribution in [0.3, 0.4) is 0 Å². The number of carbonyl (C=O) groups excluding carboxylic acids is 1. The van der Waals surface area contributed by atoms with Crippen molar-refractivity contribution in [3.8, 4) is 17.0 Å². The Hall–Kier alpha value is -4.80. The van der Waals surface area contributed by atoms with Gasteiger partial charge in [0.1, 0.15) is 35.7 Å². The van der Waals surface area contributed by atoms with E-state index in [9.17, 15) is 14.3 Å². The summed E-state index contributed by atoms with van der Waals surface area (Å²) < 4.78 is 15.7. The van der Waals surface area contributed by atoms with Gasteiger partial charge < -0.3 is 10.8 Å². The molecule has 186 valence electrons. The number of halogens is 1. The highest BCUT2D eigenvalue weighted by atomic mass is 19.1. The van der Waals surface area contributed by atoms with Gasteiger partial charge in [0.25, 0.3) is 5.91 Å². The Bertz CT molecular complexity index is 1610. The van der Waals surface area contributed by atoms with Crippen LogP contribution in [0.5, 0.6) is 5.75 Å². The van der Waals surface area contributed by atoms with Crippen LogP contribution in [0.1, 0.15) is 5.56 Å². The van der Waals surface area contributed by atoms with Crippen LogP contribution in [0.15, 0.2) is 64.8 Å². The van der Waals surface area contributed by atoms with Crippen molar-refractivity contribution in [2.75, 3.05) is 17.7 Å². The van der Waals surface area contributed by atoms with Gasteiger partial charge in [-0.05, 0) is 36.8 Å². The molecule has 6 rings (SSSR count). The molecule has 2 aliphatic heterocycles. The number of likely N-dealkylation sites (N-methyl/N-ethyl adjacent to an activating group) is 1. The fourth-order valence-electron chi connectivity index (χ4n) is 4.91. The fourth-order valence-corrected chi connectivity index (χ4v) is 4.91. The lowest BCUT2D eigenvalue weighted by Gasteiger charge is -2.35. The zero-order valence-corrected chi connectivity index (χ0v) is 20.1. The summed E-state index contributed by atoms with van der Waals surface area (Å²) in [6, 6.07) is 11.9. The van der Waals surface area contributed by atoms with Crippen molar-refractivity contribution < 1.29 is 14.3 Å². The number of anilines is 2. The van der Waals surface area contributed by atoms with Crippen LogP contribution in [0.25, 0.3) is 22.3 Å². The molecule has 2 unspecified atom stereocenters. The number of aliphatic imine (C=N–C) groups is 1. The molecule has 1 amide bonds. The topological polar surface area (TPSA) is 125 Å². The molecule has 3 N–H and O–H groups in total. The first-order valence-corrected chi connectivity index (χ1v) is 11.7. The van der Waals surface area contributed by atoms with Gasteiger partial charge in [-0.2, -0.15) is 10.2 Å². The number of amides is 1. The number of aromatic nitrogens is 3. The van der Waals surface area contributed by atoms with E-state index in [2.05, 4.69) is 10.1 Å². The molecule has 11 heteroatoms. The van der Waals surface area contributed by atoms with Gasteiger partial charge in [-0.3, -0.25) is 19.7 Å². The Morgan fingerprint density at radius 2 is 1.97 bits per heavy atom. The first kappa shape index (κ1) is 22.7. The van der Waals surface area contributed by atoms with Crippen molar-refractivity contribution in [1.82, 2.24) is 19.8 Å². The molecule has 0 fully saturated rings. The minimum absolute atomic E-state index is 0.0924. The second kappa shape index (κ2) is 8.40. The van der Waals surface area contributed by atoms with E-state index >= 15 is 0 Å². The van der Waals surface area contributed by atoms with E-state index in [0.29, 0.717) is 39.5 Å². The average molecular weight is 499 g/mol. The number of phenols is 1. The van der Waals surface area contributed by atoms with Gasteiger partial charge in [0, 0.05) is 30.6 Å². The number of phenolic OH excluding ortho intramolecular Hbond substituents is 1. The molecule has 2 aromatic carbocycles. The third kappa shape index (κ3) is 3.66. The predicted molar refractivity (Wildman–Crippen MR) is 139 cm³/mol. The molecular formula is C26H23FN8O2. The number of benzene rings is 2. The molecule has 0 spiro atoms. The number of hydrogen-bond acceptors (Lipinski definition) is 8. The summed E-state index contributed by atoms with van der Waals surface area (Å²) in [6.07, 6.45) is 3.22. The summed E-state index contributed by atoms with van der Waals surface area (Å²) in [5, 5.41) is 21.1. The van der Waals surface area contributed by atoms with Crippen LogP contribution in [-0.4, -0.2) is 62.0 Å². The van der Waals surface area contributed by atoms with Crippen LogP contribution in [0.2, 0.25) is 0 Å². The zero-order valence-electron chi connectivity index (χ0n) is 20.1. The maximum Gasteiger partial charge on any atom is 0.259 e. The third-order valence-corrected chi connectivity index (χ3v) is 6.63. The molecule has 4 aromatic rings. The Morgan fingerprint density at radius 3 is 2.76 bits per heavy atom. The highest BCUT2D eigenvalue weighted by molar-refractivity contribution is 6.22. The molecule has 0 saturated heterocycles. The van der Waals surface area contributed by atoms with Crippen molar-refractivity contribution in [2.45, 2.75) is 25.6 Å². The standard InChI is InChI=1S/C26H23FN8O2/c1-14-5-3-4-6-20(14)35-21(31-19-12-30-33(2)24(19)26(35)37)13-34-25-22(18(28)7-8-29-25)23(32-34)15-9-16(27)11-17(36)10-15/h3-12,19,24,36H,13H2,1-2H3,(H2,28,29). The fraction of sp³-hybridized carbons (Fsp3) is 0.192. The molecule has 2 atom stereocenters. The molecule has 0 radical (unpaired) electrons. The van der Waals surface area contributed by atoms with Crippen molar-refractivity contribution >= 4 is 40.4 Å².